The fourth-order valence-corrected chi connectivity index (χ4v) is 7.16. The van der Waals surface area contributed by atoms with Gasteiger partial charge in [-0.05, 0) is 61.6 Å². The maximum atomic E-state index is 13.6. The van der Waals surface area contributed by atoms with Crippen LogP contribution in [-0.4, -0.2) is 104 Å². The Balaban J connectivity index is 1.09. The van der Waals surface area contributed by atoms with Crippen LogP contribution in [0.2, 0.25) is 0 Å². The second kappa shape index (κ2) is 14.6. The highest BCUT2D eigenvalue weighted by Gasteiger charge is 2.28. The van der Waals surface area contributed by atoms with Crippen molar-refractivity contribution in [1.82, 2.24) is 39.2 Å². The molecular formula is C36H43N11O3. The first-order valence-electron chi connectivity index (χ1n) is 17.2. The van der Waals surface area contributed by atoms with E-state index in [-0.39, 0.29) is 11.9 Å². The Morgan fingerprint density at radius 3 is 2.58 bits per heavy atom. The number of piperidine rings is 1. The van der Waals surface area contributed by atoms with Crippen molar-refractivity contribution >= 4 is 40.1 Å². The molecule has 2 fully saturated rings. The SMILES string of the molecule is CN1CCN(C2CCN(c3cc(Nc4nccc(-c5cn(C)c6ccccc56)n4)ccc3C(=O)NCCCn3ccnc3[N+](=O)[O-])CC2)CC1. The number of nitrogens with zero attached hydrogens (tertiary/aromatic N) is 9. The quantitative estimate of drug-likeness (QED) is 0.116. The average Bonchev–Trinajstić information content (AvgIpc) is 3.75. The molecule has 5 aromatic rings. The number of hydrogen-bond acceptors (Lipinski definition) is 10. The average molecular weight is 678 g/mol. The number of likely N-dealkylation sites (N-methyl/N-ethyl adjacent to an activating group) is 1. The number of carbonyl (C=O) groups is 1. The lowest BCUT2D eigenvalue weighted by molar-refractivity contribution is -0.396. The van der Waals surface area contributed by atoms with E-state index in [4.69, 9.17) is 4.98 Å². The molecule has 1 amide bonds. The van der Waals surface area contributed by atoms with Gasteiger partial charge in [0.25, 0.3) is 5.91 Å². The Kier molecular flexibility index (Phi) is 9.72. The minimum atomic E-state index is -0.502. The van der Waals surface area contributed by atoms with E-state index in [0.29, 0.717) is 37.1 Å². The normalized spacial score (nSPS) is 16.2. The highest BCUT2D eigenvalue weighted by Crippen LogP contribution is 2.32. The predicted molar refractivity (Wildman–Crippen MR) is 194 cm³/mol. The highest BCUT2D eigenvalue weighted by atomic mass is 16.6. The van der Waals surface area contributed by atoms with Gasteiger partial charge >= 0.3 is 5.95 Å². The van der Waals surface area contributed by atoms with Crippen LogP contribution in [0.3, 0.4) is 0 Å². The maximum absolute atomic E-state index is 13.6. The summed E-state index contributed by atoms with van der Waals surface area (Å²) in [4.78, 5) is 44.9. The topological polar surface area (TPSA) is 143 Å². The molecule has 0 aliphatic carbocycles. The molecule has 0 spiro atoms. The van der Waals surface area contributed by atoms with Crippen molar-refractivity contribution in [2.75, 3.05) is 63.1 Å². The summed E-state index contributed by atoms with van der Waals surface area (Å²) in [7, 11) is 4.21. The van der Waals surface area contributed by atoms with Gasteiger partial charge in [-0.3, -0.25) is 9.69 Å². The van der Waals surface area contributed by atoms with Gasteiger partial charge in [-0.2, -0.15) is 0 Å². The van der Waals surface area contributed by atoms with E-state index in [1.54, 1.807) is 12.4 Å². The minimum absolute atomic E-state index is 0.179. The van der Waals surface area contributed by atoms with Crippen LogP contribution in [0.15, 0.2) is 73.3 Å². The lowest BCUT2D eigenvalue weighted by atomic mass is 10.00. The van der Waals surface area contributed by atoms with Crippen LogP contribution in [0, 0.1) is 10.1 Å². The van der Waals surface area contributed by atoms with Gasteiger partial charge in [0, 0.05) is 93.5 Å². The number of benzene rings is 2. The van der Waals surface area contributed by atoms with Crippen LogP contribution < -0.4 is 15.5 Å². The number of rotatable bonds is 11. The molecule has 2 aromatic carbocycles. The molecule has 260 valence electrons. The molecule has 14 nitrogen and oxygen atoms in total. The predicted octanol–water partition coefficient (Wildman–Crippen LogP) is 4.52. The van der Waals surface area contributed by atoms with Crippen LogP contribution in [0.4, 0.5) is 23.3 Å². The molecular weight excluding hydrogens is 634 g/mol. The van der Waals surface area contributed by atoms with E-state index in [0.717, 1.165) is 85.6 Å². The number of nitrogens with one attached hydrogen (secondary N) is 2. The van der Waals surface area contributed by atoms with E-state index in [2.05, 4.69) is 65.2 Å². The number of para-hydroxylation sites is 1. The summed E-state index contributed by atoms with van der Waals surface area (Å²) < 4.78 is 3.59. The van der Waals surface area contributed by atoms with Crippen LogP contribution in [0.1, 0.15) is 29.6 Å². The molecule has 2 aliphatic heterocycles. The molecule has 0 radical (unpaired) electrons. The first-order chi connectivity index (χ1) is 24.3. The summed E-state index contributed by atoms with van der Waals surface area (Å²) in [5.74, 6) is 0.0938. The Morgan fingerprint density at radius 2 is 1.78 bits per heavy atom. The number of imidazole rings is 1. The van der Waals surface area contributed by atoms with Gasteiger partial charge in [-0.15, -0.1) is 0 Å². The Morgan fingerprint density at radius 1 is 0.980 bits per heavy atom. The van der Waals surface area contributed by atoms with Crippen molar-refractivity contribution < 1.29 is 9.72 Å². The van der Waals surface area contributed by atoms with E-state index < -0.39 is 4.92 Å². The molecule has 14 heteroatoms. The summed E-state index contributed by atoms with van der Waals surface area (Å²) >= 11 is 0. The Bertz CT molecular complexity index is 1970. The zero-order valence-electron chi connectivity index (χ0n) is 28.5. The largest absolute Gasteiger partial charge is 0.434 e. The number of nitro groups is 1. The fourth-order valence-electron chi connectivity index (χ4n) is 7.16. The van der Waals surface area contributed by atoms with Gasteiger partial charge < -0.3 is 35.1 Å². The third kappa shape index (κ3) is 7.16. The third-order valence-corrected chi connectivity index (χ3v) is 9.90. The summed E-state index contributed by atoms with van der Waals surface area (Å²) in [5, 5.41) is 18.8. The molecule has 0 saturated carbocycles. The monoisotopic (exact) mass is 677 g/mol. The maximum Gasteiger partial charge on any atom is 0.434 e. The summed E-state index contributed by atoms with van der Waals surface area (Å²) in [6.45, 7) is 6.81. The number of aromatic nitrogens is 5. The molecule has 50 heavy (non-hydrogen) atoms. The zero-order chi connectivity index (χ0) is 34.6. The van der Waals surface area contributed by atoms with Crippen molar-refractivity contribution in [2.24, 2.45) is 7.05 Å². The lowest BCUT2D eigenvalue weighted by Gasteiger charge is -2.43. The fraction of sp³-hybridized carbons (Fsp3) is 0.389. The van der Waals surface area contributed by atoms with Gasteiger partial charge in [0.1, 0.15) is 12.4 Å². The van der Waals surface area contributed by atoms with E-state index in [1.165, 1.54) is 10.8 Å². The lowest BCUT2D eigenvalue weighted by Crippen LogP contribution is -2.52. The zero-order valence-corrected chi connectivity index (χ0v) is 28.5. The Labute approximate surface area is 290 Å². The number of hydrogen-bond donors (Lipinski definition) is 2. The molecule has 7 rings (SSSR count). The molecule has 3 aromatic heterocycles. The minimum Gasteiger partial charge on any atom is -0.390 e. The second-order valence-corrected chi connectivity index (χ2v) is 13.1. The van der Waals surface area contributed by atoms with Crippen LogP contribution in [-0.2, 0) is 13.6 Å². The summed E-state index contributed by atoms with van der Waals surface area (Å²) in [6, 6.07) is 16.5. The van der Waals surface area contributed by atoms with E-state index in [9.17, 15) is 14.9 Å². The number of aryl methyl sites for hydroxylation is 2. The molecule has 2 aliphatic rings. The standard InChI is InChI=1S/C36H43N11O3/c1-42-20-22-44(23-21-42)27-11-17-45(18-12-27)33-24-26(8-9-29(33)34(48)37-13-5-16-46-19-15-39-36(46)47(49)50)40-35-38-14-10-31(41-35)30-25-43(2)32-7-4-3-6-28(30)32/h3-4,6-10,14-15,19,24-25,27H,5,11-13,16-18,20-23H2,1-2H3,(H,37,48)(H,38,40,41). The number of carbonyl (C=O) groups excluding carboxylic acids is 1. The summed E-state index contributed by atoms with van der Waals surface area (Å²) in [5.41, 5.74) is 5.23. The van der Waals surface area contributed by atoms with Gasteiger partial charge in [0.2, 0.25) is 5.95 Å². The second-order valence-electron chi connectivity index (χ2n) is 13.1. The Hall–Kier alpha value is -5.34. The molecule has 5 heterocycles. The van der Waals surface area contributed by atoms with E-state index in [1.807, 2.05) is 43.4 Å². The third-order valence-electron chi connectivity index (χ3n) is 9.90. The van der Waals surface area contributed by atoms with Crippen molar-refractivity contribution in [2.45, 2.75) is 31.8 Å². The van der Waals surface area contributed by atoms with Gasteiger partial charge in [0.15, 0.2) is 0 Å². The van der Waals surface area contributed by atoms with Crippen molar-refractivity contribution in [3.63, 3.8) is 0 Å². The van der Waals surface area contributed by atoms with Crippen molar-refractivity contribution in [1.29, 1.82) is 0 Å². The van der Waals surface area contributed by atoms with Crippen LogP contribution in [0.5, 0.6) is 0 Å². The number of anilines is 3. The van der Waals surface area contributed by atoms with Gasteiger partial charge in [0.05, 0.1) is 23.5 Å². The van der Waals surface area contributed by atoms with Crippen LogP contribution in [0.25, 0.3) is 22.2 Å². The number of amides is 1. The molecule has 0 atom stereocenters. The van der Waals surface area contributed by atoms with Crippen molar-refractivity contribution in [3.8, 4) is 11.3 Å². The first kappa shape index (κ1) is 33.2. The van der Waals surface area contributed by atoms with Crippen molar-refractivity contribution in [3.05, 3.63) is 89.0 Å². The molecule has 2 saturated heterocycles. The molecule has 0 bridgehead atoms. The highest BCUT2D eigenvalue weighted by molar-refractivity contribution is 6.00. The van der Waals surface area contributed by atoms with E-state index >= 15 is 0 Å². The molecule has 2 N–H and O–H groups in total. The van der Waals surface area contributed by atoms with Crippen LogP contribution >= 0.6 is 0 Å². The first-order valence-corrected chi connectivity index (χ1v) is 17.2. The molecule has 0 unspecified atom stereocenters. The number of piperazine rings is 1. The smallest absolute Gasteiger partial charge is 0.390 e. The van der Waals surface area contributed by atoms with Gasteiger partial charge in [-0.25, -0.2) is 14.5 Å². The van der Waals surface area contributed by atoms with Gasteiger partial charge in [-0.1, -0.05) is 23.2 Å². The summed E-state index contributed by atoms with van der Waals surface area (Å²) in [6.07, 6.45) is 9.43. The number of fused-ring (bicyclic) bond motifs is 1.